The molecule has 4 heterocycles. The highest BCUT2D eigenvalue weighted by Crippen LogP contribution is 2.46. The van der Waals surface area contributed by atoms with Crippen molar-refractivity contribution in [1.82, 2.24) is 15.0 Å². The summed E-state index contributed by atoms with van der Waals surface area (Å²) < 4.78 is 40.6. The molecule has 164 valence electrons. The van der Waals surface area contributed by atoms with E-state index in [0.717, 1.165) is 23.4 Å². The third-order valence-corrected chi connectivity index (χ3v) is 5.72. The number of aromatic nitrogens is 3. The molecule has 1 unspecified atom stereocenters. The molecule has 33 heavy (non-hydrogen) atoms. The molecule has 0 radical (unpaired) electrons. The first-order valence-electron chi connectivity index (χ1n) is 9.85. The Morgan fingerprint density at radius 3 is 2.45 bits per heavy atom. The molecule has 1 aromatic carbocycles. The number of nitrogens with zero attached hydrogens (tertiary/aromatic N) is 4. The molecule has 1 aliphatic heterocycles. The number of hydrogen-bond acceptors (Lipinski definition) is 5. The first kappa shape index (κ1) is 21.1. The Bertz CT molecular complexity index is 1400. The molecule has 4 aromatic rings. The van der Waals surface area contributed by atoms with Crippen LogP contribution in [0.5, 0.6) is 0 Å². The SMILES string of the molecule is NC1=NC(c2cccc(-c3cncc(Cl)c3)c2)(c2ccnc(C(F)(F)F)c2)c2cccnc21. The molecular weight excluding hydrogens is 451 g/mol. The van der Waals surface area contributed by atoms with Gasteiger partial charge in [-0.2, -0.15) is 13.2 Å². The fourth-order valence-corrected chi connectivity index (χ4v) is 4.28. The maximum absolute atomic E-state index is 13.5. The van der Waals surface area contributed by atoms with Gasteiger partial charge in [0.25, 0.3) is 0 Å². The second kappa shape index (κ2) is 7.67. The highest BCUT2D eigenvalue weighted by Gasteiger charge is 2.45. The van der Waals surface area contributed by atoms with Gasteiger partial charge in [-0.3, -0.25) is 15.0 Å². The number of rotatable bonds is 3. The van der Waals surface area contributed by atoms with E-state index in [-0.39, 0.29) is 11.4 Å². The van der Waals surface area contributed by atoms with E-state index in [2.05, 4.69) is 15.0 Å². The normalized spacial score (nSPS) is 17.5. The van der Waals surface area contributed by atoms with Crippen LogP contribution in [0.4, 0.5) is 13.2 Å². The van der Waals surface area contributed by atoms with Crippen molar-refractivity contribution >= 4 is 17.4 Å². The minimum atomic E-state index is -4.61. The number of aliphatic imine (C=N–C) groups is 1. The van der Waals surface area contributed by atoms with Crippen molar-refractivity contribution in [2.45, 2.75) is 11.7 Å². The molecular formula is C24H15ClF3N5. The maximum atomic E-state index is 13.5. The van der Waals surface area contributed by atoms with Crippen molar-refractivity contribution in [1.29, 1.82) is 0 Å². The predicted octanol–water partition coefficient (Wildman–Crippen LogP) is 5.22. The summed E-state index contributed by atoms with van der Waals surface area (Å²) in [6.45, 7) is 0. The third-order valence-electron chi connectivity index (χ3n) is 5.51. The van der Waals surface area contributed by atoms with Crippen molar-refractivity contribution < 1.29 is 13.2 Å². The van der Waals surface area contributed by atoms with Crippen LogP contribution in [0.15, 0.2) is 84.4 Å². The van der Waals surface area contributed by atoms with Gasteiger partial charge in [0, 0.05) is 35.9 Å². The van der Waals surface area contributed by atoms with Gasteiger partial charge in [0.05, 0.1) is 5.02 Å². The lowest BCUT2D eigenvalue weighted by Gasteiger charge is -2.29. The molecule has 0 aliphatic carbocycles. The molecule has 0 spiro atoms. The van der Waals surface area contributed by atoms with Gasteiger partial charge in [0.2, 0.25) is 0 Å². The molecule has 1 aliphatic rings. The molecule has 5 rings (SSSR count). The van der Waals surface area contributed by atoms with Crippen LogP contribution >= 0.6 is 11.6 Å². The largest absolute Gasteiger partial charge is 0.433 e. The van der Waals surface area contributed by atoms with Gasteiger partial charge in [0.15, 0.2) is 0 Å². The van der Waals surface area contributed by atoms with E-state index in [1.165, 1.54) is 12.3 Å². The minimum absolute atomic E-state index is 0.144. The zero-order valence-electron chi connectivity index (χ0n) is 16.9. The number of pyridine rings is 3. The highest BCUT2D eigenvalue weighted by atomic mass is 35.5. The summed E-state index contributed by atoms with van der Waals surface area (Å²) in [4.78, 5) is 16.7. The van der Waals surface area contributed by atoms with E-state index in [9.17, 15) is 13.2 Å². The van der Waals surface area contributed by atoms with E-state index in [1.54, 1.807) is 42.7 Å². The molecule has 0 saturated carbocycles. The van der Waals surface area contributed by atoms with E-state index < -0.39 is 17.4 Å². The number of amidine groups is 1. The lowest BCUT2D eigenvalue weighted by atomic mass is 9.78. The van der Waals surface area contributed by atoms with Gasteiger partial charge in [-0.15, -0.1) is 0 Å². The monoisotopic (exact) mass is 465 g/mol. The van der Waals surface area contributed by atoms with Crippen LogP contribution in [-0.4, -0.2) is 20.8 Å². The number of alkyl halides is 3. The molecule has 9 heteroatoms. The molecule has 5 nitrogen and oxygen atoms in total. The fraction of sp³-hybridized carbons (Fsp3) is 0.0833. The lowest BCUT2D eigenvalue weighted by molar-refractivity contribution is -0.141. The summed E-state index contributed by atoms with van der Waals surface area (Å²) in [6, 6.07) is 15.1. The Balaban J connectivity index is 1.79. The van der Waals surface area contributed by atoms with Crippen LogP contribution in [0, 0.1) is 0 Å². The number of nitrogens with two attached hydrogens (primary N) is 1. The van der Waals surface area contributed by atoms with E-state index >= 15 is 0 Å². The Morgan fingerprint density at radius 1 is 0.848 bits per heavy atom. The Hall–Kier alpha value is -3.78. The van der Waals surface area contributed by atoms with E-state index in [0.29, 0.717) is 21.8 Å². The number of halogens is 4. The van der Waals surface area contributed by atoms with Crippen molar-refractivity contribution in [2.24, 2.45) is 10.7 Å². The van der Waals surface area contributed by atoms with E-state index in [4.69, 9.17) is 22.3 Å². The molecule has 3 aromatic heterocycles. The number of benzene rings is 1. The summed E-state index contributed by atoms with van der Waals surface area (Å²) >= 11 is 6.11. The first-order chi connectivity index (χ1) is 15.8. The molecule has 0 bridgehead atoms. The Labute approximate surface area is 191 Å². The minimum Gasteiger partial charge on any atom is -0.382 e. The van der Waals surface area contributed by atoms with Crippen LogP contribution < -0.4 is 5.73 Å². The van der Waals surface area contributed by atoms with Crippen LogP contribution in [0.2, 0.25) is 5.02 Å². The van der Waals surface area contributed by atoms with Crippen LogP contribution in [0.3, 0.4) is 0 Å². The zero-order valence-corrected chi connectivity index (χ0v) is 17.6. The molecule has 0 amide bonds. The molecule has 2 N–H and O–H groups in total. The maximum Gasteiger partial charge on any atom is 0.433 e. The summed E-state index contributed by atoms with van der Waals surface area (Å²) in [5.41, 5.74) is 7.31. The van der Waals surface area contributed by atoms with E-state index in [1.807, 2.05) is 12.1 Å². The van der Waals surface area contributed by atoms with Gasteiger partial charge >= 0.3 is 6.18 Å². The average molecular weight is 466 g/mol. The van der Waals surface area contributed by atoms with Gasteiger partial charge < -0.3 is 5.73 Å². The van der Waals surface area contributed by atoms with Crippen LogP contribution in [0.1, 0.15) is 28.1 Å². The Morgan fingerprint density at radius 2 is 1.67 bits per heavy atom. The summed E-state index contributed by atoms with van der Waals surface area (Å²) in [5.74, 6) is 0.144. The zero-order chi connectivity index (χ0) is 23.2. The summed E-state index contributed by atoms with van der Waals surface area (Å²) in [6.07, 6.45) is 1.27. The average Bonchev–Trinajstić information content (AvgIpc) is 3.12. The molecule has 0 fully saturated rings. The van der Waals surface area contributed by atoms with Crippen molar-refractivity contribution in [3.05, 3.63) is 112 Å². The number of fused-ring (bicyclic) bond motifs is 1. The first-order valence-corrected chi connectivity index (χ1v) is 10.2. The van der Waals surface area contributed by atoms with Crippen molar-refractivity contribution in [3.63, 3.8) is 0 Å². The highest BCUT2D eigenvalue weighted by molar-refractivity contribution is 6.30. The molecule has 1 atom stereocenters. The van der Waals surface area contributed by atoms with Crippen LogP contribution in [-0.2, 0) is 11.7 Å². The summed E-state index contributed by atoms with van der Waals surface area (Å²) in [5, 5.41) is 0.467. The number of hydrogen-bond donors (Lipinski definition) is 1. The Kier molecular flexibility index (Phi) is 4.90. The fourth-order valence-electron chi connectivity index (χ4n) is 4.11. The van der Waals surface area contributed by atoms with Gasteiger partial charge in [-0.1, -0.05) is 35.9 Å². The standard InChI is InChI=1S/C24H15ClF3N5/c25-18-10-15(12-30-13-18)14-3-1-4-16(9-14)23(17-6-8-31-20(11-17)24(26,27)28)19-5-2-7-32-21(19)22(29)33-23/h1-13H,(H2,29,33). The second-order valence-corrected chi connectivity index (χ2v) is 7.94. The van der Waals surface area contributed by atoms with Gasteiger partial charge in [0.1, 0.15) is 22.8 Å². The quantitative estimate of drug-likeness (QED) is 0.450. The second-order valence-electron chi connectivity index (χ2n) is 7.51. The smallest absolute Gasteiger partial charge is 0.382 e. The van der Waals surface area contributed by atoms with Crippen molar-refractivity contribution in [3.8, 4) is 11.1 Å². The van der Waals surface area contributed by atoms with Gasteiger partial charge in [-0.05, 0) is 47.0 Å². The lowest BCUT2D eigenvalue weighted by Crippen LogP contribution is -2.26. The third kappa shape index (κ3) is 3.52. The topological polar surface area (TPSA) is 77.0 Å². The van der Waals surface area contributed by atoms with Gasteiger partial charge in [-0.25, -0.2) is 4.99 Å². The predicted molar refractivity (Wildman–Crippen MR) is 119 cm³/mol. The van der Waals surface area contributed by atoms with Crippen molar-refractivity contribution in [2.75, 3.05) is 0 Å². The molecule has 0 saturated heterocycles. The van der Waals surface area contributed by atoms with Crippen LogP contribution in [0.25, 0.3) is 11.1 Å². The summed E-state index contributed by atoms with van der Waals surface area (Å²) in [7, 11) is 0.